The Labute approximate surface area is 109 Å². The van der Waals surface area contributed by atoms with Crippen molar-refractivity contribution in [2.45, 2.75) is 51.6 Å². The molecule has 3 nitrogen and oxygen atoms in total. The molecule has 0 bridgehead atoms. The van der Waals surface area contributed by atoms with E-state index in [1.165, 1.54) is 38.2 Å². The highest BCUT2D eigenvalue weighted by Crippen LogP contribution is 2.23. The van der Waals surface area contributed by atoms with Crippen LogP contribution in [0.15, 0.2) is 24.3 Å². The lowest BCUT2D eigenvalue weighted by Gasteiger charge is -2.20. The minimum absolute atomic E-state index is 0.0245. The maximum atomic E-state index is 11.0. The lowest BCUT2D eigenvalue weighted by molar-refractivity contribution is -0.114. The standard InChI is InChI=1S/C15H22N2O/c1-11(16-14-7-3-4-8-14)13-6-5-9-15(10-13)17-12(2)18/h5-6,9-11,14,16H,3-4,7-8H2,1-2H3,(H,17,18). The monoisotopic (exact) mass is 246 g/mol. The van der Waals surface area contributed by atoms with Gasteiger partial charge >= 0.3 is 0 Å². The molecule has 1 aliphatic carbocycles. The van der Waals surface area contributed by atoms with Gasteiger partial charge in [0.1, 0.15) is 0 Å². The molecular formula is C15H22N2O. The maximum Gasteiger partial charge on any atom is 0.221 e. The average Bonchev–Trinajstić information content (AvgIpc) is 2.81. The molecular weight excluding hydrogens is 224 g/mol. The maximum absolute atomic E-state index is 11.0. The lowest BCUT2D eigenvalue weighted by atomic mass is 10.1. The highest BCUT2D eigenvalue weighted by Gasteiger charge is 2.17. The fourth-order valence-corrected chi connectivity index (χ4v) is 2.63. The summed E-state index contributed by atoms with van der Waals surface area (Å²) in [7, 11) is 0. The van der Waals surface area contributed by atoms with E-state index in [-0.39, 0.29) is 5.91 Å². The molecule has 1 amide bonds. The first kappa shape index (κ1) is 13.1. The third-order valence-electron chi connectivity index (χ3n) is 3.55. The summed E-state index contributed by atoms with van der Waals surface area (Å²) in [4.78, 5) is 11.0. The first-order chi connectivity index (χ1) is 8.65. The van der Waals surface area contributed by atoms with E-state index in [1.807, 2.05) is 18.2 Å². The summed E-state index contributed by atoms with van der Waals surface area (Å²) >= 11 is 0. The second kappa shape index (κ2) is 6.01. The molecule has 1 fully saturated rings. The Morgan fingerprint density at radius 1 is 1.33 bits per heavy atom. The van der Waals surface area contributed by atoms with E-state index in [0.717, 1.165) is 5.69 Å². The molecule has 0 aromatic heterocycles. The summed E-state index contributed by atoms with van der Waals surface area (Å²) < 4.78 is 0. The molecule has 1 aromatic carbocycles. The van der Waals surface area contributed by atoms with Crippen molar-refractivity contribution in [2.24, 2.45) is 0 Å². The molecule has 98 valence electrons. The van der Waals surface area contributed by atoms with E-state index in [2.05, 4.69) is 23.6 Å². The van der Waals surface area contributed by atoms with E-state index in [4.69, 9.17) is 0 Å². The van der Waals surface area contributed by atoms with Crippen LogP contribution in [0, 0.1) is 0 Å². The van der Waals surface area contributed by atoms with Crippen molar-refractivity contribution in [3.05, 3.63) is 29.8 Å². The zero-order valence-corrected chi connectivity index (χ0v) is 11.2. The minimum Gasteiger partial charge on any atom is -0.326 e. The van der Waals surface area contributed by atoms with Crippen molar-refractivity contribution in [3.8, 4) is 0 Å². The number of carbonyl (C=O) groups is 1. The molecule has 1 atom stereocenters. The zero-order chi connectivity index (χ0) is 13.0. The number of benzene rings is 1. The summed E-state index contributed by atoms with van der Waals surface area (Å²) in [6.07, 6.45) is 5.26. The summed E-state index contributed by atoms with van der Waals surface area (Å²) in [5, 5.41) is 6.49. The quantitative estimate of drug-likeness (QED) is 0.856. The molecule has 0 radical (unpaired) electrons. The molecule has 0 saturated heterocycles. The largest absolute Gasteiger partial charge is 0.326 e. The molecule has 3 heteroatoms. The van der Waals surface area contributed by atoms with Crippen LogP contribution in [0.1, 0.15) is 51.1 Å². The van der Waals surface area contributed by atoms with Crippen LogP contribution in [0.4, 0.5) is 5.69 Å². The number of carbonyl (C=O) groups excluding carboxylic acids is 1. The Hall–Kier alpha value is -1.35. The number of rotatable bonds is 4. The van der Waals surface area contributed by atoms with E-state index in [1.54, 1.807) is 0 Å². The Bertz CT molecular complexity index is 411. The van der Waals surface area contributed by atoms with E-state index in [0.29, 0.717) is 12.1 Å². The van der Waals surface area contributed by atoms with Crippen molar-refractivity contribution in [1.82, 2.24) is 5.32 Å². The van der Waals surface area contributed by atoms with Crippen LogP contribution in [-0.2, 0) is 4.79 Å². The van der Waals surface area contributed by atoms with Gasteiger partial charge in [0.2, 0.25) is 5.91 Å². The predicted molar refractivity (Wildman–Crippen MR) is 74.6 cm³/mol. The fourth-order valence-electron chi connectivity index (χ4n) is 2.63. The van der Waals surface area contributed by atoms with Crippen LogP contribution in [0.25, 0.3) is 0 Å². The Balaban J connectivity index is 2.00. The second-order valence-electron chi connectivity index (χ2n) is 5.18. The minimum atomic E-state index is -0.0245. The number of amides is 1. The molecule has 1 unspecified atom stereocenters. The summed E-state index contributed by atoms with van der Waals surface area (Å²) in [5.74, 6) is -0.0245. The van der Waals surface area contributed by atoms with Crippen LogP contribution in [0.2, 0.25) is 0 Å². The third-order valence-corrected chi connectivity index (χ3v) is 3.55. The number of hydrogen-bond acceptors (Lipinski definition) is 2. The van der Waals surface area contributed by atoms with Crippen molar-refractivity contribution in [1.29, 1.82) is 0 Å². The van der Waals surface area contributed by atoms with Crippen LogP contribution < -0.4 is 10.6 Å². The van der Waals surface area contributed by atoms with Crippen LogP contribution >= 0.6 is 0 Å². The highest BCUT2D eigenvalue weighted by molar-refractivity contribution is 5.88. The number of nitrogens with one attached hydrogen (secondary N) is 2. The number of anilines is 1. The Kier molecular flexibility index (Phi) is 4.37. The lowest BCUT2D eigenvalue weighted by Crippen LogP contribution is -2.28. The van der Waals surface area contributed by atoms with E-state index in [9.17, 15) is 4.79 Å². The molecule has 1 aromatic rings. The predicted octanol–water partition coefficient (Wildman–Crippen LogP) is 3.24. The van der Waals surface area contributed by atoms with Crippen molar-refractivity contribution < 1.29 is 4.79 Å². The first-order valence-electron chi connectivity index (χ1n) is 6.79. The van der Waals surface area contributed by atoms with Gasteiger partial charge in [-0.25, -0.2) is 0 Å². The fraction of sp³-hybridized carbons (Fsp3) is 0.533. The van der Waals surface area contributed by atoms with Crippen molar-refractivity contribution >= 4 is 11.6 Å². The van der Waals surface area contributed by atoms with Gasteiger partial charge in [-0.05, 0) is 37.5 Å². The SMILES string of the molecule is CC(=O)Nc1cccc(C(C)NC2CCCC2)c1. The van der Waals surface area contributed by atoms with Crippen LogP contribution in [0.5, 0.6) is 0 Å². The second-order valence-corrected chi connectivity index (χ2v) is 5.18. The normalized spacial score (nSPS) is 17.7. The van der Waals surface area contributed by atoms with E-state index >= 15 is 0 Å². The molecule has 0 spiro atoms. The third kappa shape index (κ3) is 3.57. The van der Waals surface area contributed by atoms with Gasteiger partial charge in [-0.1, -0.05) is 25.0 Å². The molecule has 2 N–H and O–H groups in total. The van der Waals surface area contributed by atoms with Gasteiger partial charge < -0.3 is 10.6 Å². The topological polar surface area (TPSA) is 41.1 Å². The molecule has 0 heterocycles. The van der Waals surface area contributed by atoms with E-state index < -0.39 is 0 Å². The Morgan fingerprint density at radius 3 is 2.72 bits per heavy atom. The van der Waals surface area contributed by atoms with Gasteiger partial charge in [0, 0.05) is 24.7 Å². The Morgan fingerprint density at radius 2 is 2.06 bits per heavy atom. The molecule has 2 rings (SSSR count). The van der Waals surface area contributed by atoms with Crippen LogP contribution in [0.3, 0.4) is 0 Å². The molecule has 0 aliphatic heterocycles. The summed E-state index contributed by atoms with van der Waals surface area (Å²) in [5.41, 5.74) is 2.10. The van der Waals surface area contributed by atoms with Gasteiger partial charge in [0.25, 0.3) is 0 Å². The van der Waals surface area contributed by atoms with Gasteiger partial charge in [-0.2, -0.15) is 0 Å². The zero-order valence-electron chi connectivity index (χ0n) is 11.2. The van der Waals surface area contributed by atoms with Gasteiger partial charge in [-0.15, -0.1) is 0 Å². The van der Waals surface area contributed by atoms with Gasteiger partial charge in [0.15, 0.2) is 0 Å². The van der Waals surface area contributed by atoms with Crippen molar-refractivity contribution in [2.75, 3.05) is 5.32 Å². The summed E-state index contributed by atoms with van der Waals surface area (Å²) in [6, 6.07) is 9.07. The molecule has 18 heavy (non-hydrogen) atoms. The van der Waals surface area contributed by atoms with Gasteiger partial charge in [-0.3, -0.25) is 4.79 Å². The molecule has 1 saturated carbocycles. The molecule has 1 aliphatic rings. The smallest absolute Gasteiger partial charge is 0.221 e. The summed E-state index contributed by atoms with van der Waals surface area (Å²) in [6.45, 7) is 3.72. The van der Waals surface area contributed by atoms with Crippen LogP contribution in [-0.4, -0.2) is 11.9 Å². The highest BCUT2D eigenvalue weighted by atomic mass is 16.1. The van der Waals surface area contributed by atoms with Crippen molar-refractivity contribution in [3.63, 3.8) is 0 Å². The number of hydrogen-bond donors (Lipinski definition) is 2. The average molecular weight is 246 g/mol. The first-order valence-corrected chi connectivity index (χ1v) is 6.79. The van der Waals surface area contributed by atoms with Gasteiger partial charge in [0.05, 0.1) is 0 Å².